The molecule has 7 heteroatoms. The first-order chi connectivity index (χ1) is 11.4. The van der Waals surface area contributed by atoms with Crippen molar-refractivity contribution in [2.45, 2.75) is 6.92 Å². The molecule has 0 spiro atoms. The average Bonchev–Trinajstić information content (AvgIpc) is 2.54. The molecule has 0 atom stereocenters. The zero-order valence-electron chi connectivity index (χ0n) is 12.7. The SMILES string of the molecule is CC(=O)Nc1ccc(C(=O)COC(=O)c2cc(Br)ccc2O)cc1. The van der Waals surface area contributed by atoms with E-state index < -0.39 is 18.4 Å². The maximum atomic E-state index is 12.0. The number of carbonyl (C=O) groups excluding carboxylic acids is 3. The maximum Gasteiger partial charge on any atom is 0.342 e. The van der Waals surface area contributed by atoms with Crippen LogP contribution in [0.3, 0.4) is 0 Å². The van der Waals surface area contributed by atoms with E-state index in [0.717, 1.165) is 0 Å². The Labute approximate surface area is 146 Å². The maximum absolute atomic E-state index is 12.0. The number of ether oxygens (including phenoxy) is 1. The number of benzene rings is 2. The van der Waals surface area contributed by atoms with Crippen molar-refractivity contribution >= 4 is 39.3 Å². The van der Waals surface area contributed by atoms with Crippen LogP contribution in [0.5, 0.6) is 5.75 Å². The Balaban J connectivity index is 1.98. The molecule has 0 radical (unpaired) electrons. The number of carbonyl (C=O) groups is 3. The summed E-state index contributed by atoms with van der Waals surface area (Å²) in [6.45, 7) is 0.931. The van der Waals surface area contributed by atoms with Gasteiger partial charge in [0.25, 0.3) is 0 Å². The zero-order chi connectivity index (χ0) is 17.7. The van der Waals surface area contributed by atoms with Gasteiger partial charge < -0.3 is 15.2 Å². The minimum Gasteiger partial charge on any atom is -0.507 e. The third-order valence-electron chi connectivity index (χ3n) is 3.04. The molecule has 2 rings (SSSR count). The highest BCUT2D eigenvalue weighted by molar-refractivity contribution is 9.10. The van der Waals surface area contributed by atoms with Crippen LogP contribution in [0, 0.1) is 0 Å². The second kappa shape index (κ2) is 7.74. The molecule has 0 heterocycles. The van der Waals surface area contributed by atoms with Crippen molar-refractivity contribution in [2.24, 2.45) is 0 Å². The predicted molar refractivity (Wildman–Crippen MR) is 91.2 cm³/mol. The fourth-order valence-corrected chi connectivity index (χ4v) is 2.27. The van der Waals surface area contributed by atoms with Crippen LogP contribution in [-0.2, 0) is 9.53 Å². The van der Waals surface area contributed by atoms with Gasteiger partial charge in [-0.05, 0) is 42.5 Å². The van der Waals surface area contributed by atoms with E-state index in [9.17, 15) is 19.5 Å². The number of anilines is 1. The van der Waals surface area contributed by atoms with Crippen molar-refractivity contribution in [3.8, 4) is 5.75 Å². The van der Waals surface area contributed by atoms with Crippen molar-refractivity contribution in [3.05, 3.63) is 58.1 Å². The fourth-order valence-electron chi connectivity index (χ4n) is 1.91. The first kappa shape index (κ1) is 17.7. The van der Waals surface area contributed by atoms with Crippen LogP contribution in [0.1, 0.15) is 27.6 Å². The smallest absolute Gasteiger partial charge is 0.342 e. The van der Waals surface area contributed by atoms with E-state index in [1.165, 1.54) is 31.2 Å². The number of esters is 1. The fraction of sp³-hybridized carbons (Fsp3) is 0.118. The first-order valence-corrected chi connectivity index (χ1v) is 7.72. The summed E-state index contributed by atoms with van der Waals surface area (Å²) < 4.78 is 5.54. The van der Waals surface area contributed by atoms with Gasteiger partial charge in [0.05, 0.1) is 0 Å². The van der Waals surface area contributed by atoms with Crippen molar-refractivity contribution < 1.29 is 24.2 Å². The number of nitrogens with one attached hydrogen (secondary N) is 1. The summed E-state index contributed by atoms with van der Waals surface area (Å²) in [6.07, 6.45) is 0. The lowest BCUT2D eigenvalue weighted by atomic mass is 10.1. The molecular formula is C17H14BrNO5. The van der Waals surface area contributed by atoms with Gasteiger partial charge in [-0.1, -0.05) is 15.9 Å². The molecule has 0 bridgehead atoms. The Hall–Kier alpha value is -2.67. The van der Waals surface area contributed by atoms with E-state index in [2.05, 4.69) is 21.2 Å². The number of phenols is 1. The number of amides is 1. The predicted octanol–water partition coefficient (Wildman–Crippen LogP) is 3.15. The van der Waals surface area contributed by atoms with E-state index in [-0.39, 0.29) is 17.2 Å². The van der Waals surface area contributed by atoms with Gasteiger partial charge in [0, 0.05) is 22.6 Å². The molecular weight excluding hydrogens is 378 g/mol. The van der Waals surface area contributed by atoms with E-state index in [4.69, 9.17) is 4.74 Å². The van der Waals surface area contributed by atoms with Gasteiger partial charge in [0.2, 0.25) is 5.91 Å². The van der Waals surface area contributed by atoms with E-state index in [0.29, 0.717) is 15.7 Å². The summed E-state index contributed by atoms with van der Waals surface area (Å²) in [7, 11) is 0. The van der Waals surface area contributed by atoms with E-state index >= 15 is 0 Å². The van der Waals surface area contributed by atoms with Crippen molar-refractivity contribution in [1.29, 1.82) is 0 Å². The number of Topliss-reactive ketones (excluding diaryl/α,β-unsaturated/α-hetero) is 1. The Morgan fingerprint density at radius 1 is 1.12 bits per heavy atom. The number of hydrogen-bond acceptors (Lipinski definition) is 5. The van der Waals surface area contributed by atoms with Gasteiger partial charge in [-0.15, -0.1) is 0 Å². The largest absolute Gasteiger partial charge is 0.507 e. The lowest BCUT2D eigenvalue weighted by molar-refractivity contribution is -0.114. The highest BCUT2D eigenvalue weighted by Crippen LogP contribution is 2.22. The van der Waals surface area contributed by atoms with Gasteiger partial charge in [0.1, 0.15) is 11.3 Å². The van der Waals surface area contributed by atoms with Crippen LogP contribution in [-0.4, -0.2) is 29.4 Å². The molecule has 0 aliphatic heterocycles. The van der Waals surface area contributed by atoms with Gasteiger partial charge in [-0.3, -0.25) is 9.59 Å². The van der Waals surface area contributed by atoms with Crippen LogP contribution < -0.4 is 5.32 Å². The minimum absolute atomic E-state index is 0.0295. The number of ketones is 1. The van der Waals surface area contributed by atoms with Gasteiger partial charge >= 0.3 is 5.97 Å². The molecule has 6 nitrogen and oxygen atoms in total. The van der Waals surface area contributed by atoms with Crippen LogP contribution in [0.15, 0.2) is 46.9 Å². The topological polar surface area (TPSA) is 92.7 Å². The third kappa shape index (κ3) is 4.66. The summed E-state index contributed by atoms with van der Waals surface area (Å²) in [6, 6.07) is 10.5. The molecule has 2 N–H and O–H groups in total. The molecule has 1 amide bonds. The van der Waals surface area contributed by atoms with Crippen LogP contribution in [0.2, 0.25) is 0 Å². The standard InChI is InChI=1S/C17H14BrNO5/c1-10(20)19-13-5-2-11(3-6-13)16(22)9-24-17(23)14-8-12(18)4-7-15(14)21/h2-8,21H,9H2,1H3,(H,19,20). The molecule has 0 saturated carbocycles. The molecule has 0 aliphatic carbocycles. The number of phenolic OH excluding ortho intramolecular Hbond substituents is 1. The molecule has 2 aromatic carbocycles. The van der Waals surface area contributed by atoms with Crippen LogP contribution in [0.25, 0.3) is 0 Å². The quantitative estimate of drug-likeness (QED) is 0.603. The number of halogens is 1. The molecule has 0 aliphatic rings. The van der Waals surface area contributed by atoms with Crippen molar-refractivity contribution in [3.63, 3.8) is 0 Å². The Morgan fingerprint density at radius 3 is 2.42 bits per heavy atom. The lowest BCUT2D eigenvalue weighted by Crippen LogP contribution is -2.14. The van der Waals surface area contributed by atoms with E-state index in [1.54, 1.807) is 18.2 Å². The van der Waals surface area contributed by atoms with E-state index in [1.807, 2.05) is 0 Å². The molecule has 0 saturated heterocycles. The summed E-state index contributed by atoms with van der Waals surface area (Å²) >= 11 is 3.19. The third-order valence-corrected chi connectivity index (χ3v) is 3.53. The Kier molecular flexibility index (Phi) is 5.70. The van der Waals surface area contributed by atoms with Gasteiger partial charge in [-0.2, -0.15) is 0 Å². The molecule has 0 aromatic heterocycles. The number of aromatic hydroxyl groups is 1. The minimum atomic E-state index is -0.794. The number of rotatable bonds is 5. The highest BCUT2D eigenvalue weighted by Gasteiger charge is 2.15. The monoisotopic (exact) mass is 391 g/mol. The molecule has 24 heavy (non-hydrogen) atoms. The second-order valence-corrected chi connectivity index (χ2v) is 5.83. The normalized spacial score (nSPS) is 10.1. The second-order valence-electron chi connectivity index (χ2n) is 4.92. The van der Waals surface area contributed by atoms with Gasteiger partial charge in [0.15, 0.2) is 12.4 Å². The number of hydrogen-bond donors (Lipinski definition) is 2. The van der Waals surface area contributed by atoms with Crippen LogP contribution >= 0.6 is 15.9 Å². The average molecular weight is 392 g/mol. The Morgan fingerprint density at radius 2 is 1.79 bits per heavy atom. The zero-order valence-corrected chi connectivity index (χ0v) is 14.3. The Bertz CT molecular complexity index is 786. The van der Waals surface area contributed by atoms with Crippen molar-refractivity contribution in [1.82, 2.24) is 0 Å². The lowest BCUT2D eigenvalue weighted by Gasteiger charge is -2.07. The summed E-state index contributed by atoms with van der Waals surface area (Å²) in [4.78, 5) is 34.9. The van der Waals surface area contributed by atoms with Crippen LogP contribution in [0.4, 0.5) is 5.69 Å². The molecule has 124 valence electrons. The molecule has 2 aromatic rings. The highest BCUT2D eigenvalue weighted by atomic mass is 79.9. The summed E-state index contributed by atoms with van der Waals surface area (Å²) in [5.41, 5.74) is 0.878. The summed E-state index contributed by atoms with van der Waals surface area (Å²) in [5.74, 6) is -1.63. The molecule has 0 unspecified atom stereocenters. The summed E-state index contributed by atoms with van der Waals surface area (Å²) in [5, 5.41) is 12.2. The van der Waals surface area contributed by atoms with Gasteiger partial charge in [-0.25, -0.2) is 4.79 Å². The first-order valence-electron chi connectivity index (χ1n) is 6.93. The van der Waals surface area contributed by atoms with Crippen molar-refractivity contribution in [2.75, 3.05) is 11.9 Å². The molecule has 0 fully saturated rings.